The van der Waals surface area contributed by atoms with Crippen LogP contribution in [0.2, 0.25) is 5.02 Å². The summed E-state index contributed by atoms with van der Waals surface area (Å²) in [6.07, 6.45) is 3.89. The molecule has 96 valence electrons. The summed E-state index contributed by atoms with van der Waals surface area (Å²) in [6.45, 7) is 1.82. The van der Waals surface area contributed by atoms with Gasteiger partial charge in [-0.1, -0.05) is 34.0 Å². The van der Waals surface area contributed by atoms with Crippen molar-refractivity contribution in [3.63, 3.8) is 0 Å². The van der Waals surface area contributed by atoms with Gasteiger partial charge in [-0.25, -0.2) is 0 Å². The SMILES string of the molecule is O=C(c1cc(Br)ccc1Cl)N1CC2CCCC2C1. The minimum Gasteiger partial charge on any atom is -0.338 e. The first kappa shape index (κ1) is 12.5. The lowest BCUT2D eigenvalue weighted by Crippen LogP contribution is -2.29. The van der Waals surface area contributed by atoms with Gasteiger partial charge in [-0.2, -0.15) is 0 Å². The van der Waals surface area contributed by atoms with Crippen molar-refractivity contribution in [1.82, 2.24) is 4.90 Å². The molecule has 2 fully saturated rings. The van der Waals surface area contributed by atoms with Gasteiger partial charge in [-0.05, 0) is 42.9 Å². The highest BCUT2D eigenvalue weighted by Gasteiger charge is 2.38. The van der Waals surface area contributed by atoms with Crippen molar-refractivity contribution in [1.29, 1.82) is 0 Å². The summed E-state index contributed by atoms with van der Waals surface area (Å²) in [5.74, 6) is 1.52. The average molecular weight is 329 g/mol. The number of amides is 1. The molecule has 1 aromatic rings. The minimum absolute atomic E-state index is 0.0794. The molecule has 1 saturated heterocycles. The van der Waals surface area contributed by atoms with Gasteiger partial charge in [0.25, 0.3) is 5.91 Å². The molecule has 0 spiro atoms. The summed E-state index contributed by atoms with van der Waals surface area (Å²) in [4.78, 5) is 14.4. The van der Waals surface area contributed by atoms with Gasteiger partial charge in [0, 0.05) is 17.6 Å². The average Bonchev–Trinajstić information content (AvgIpc) is 2.91. The molecule has 0 aromatic heterocycles. The molecular formula is C14H15BrClNO. The van der Waals surface area contributed by atoms with Crippen LogP contribution in [0.5, 0.6) is 0 Å². The Hall–Kier alpha value is -0.540. The van der Waals surface area contributed by atoms with Crippen LogP contribution in [0.1, 0.15) is 29.6 Å². The predicted octanol–water partition coefficient (Wildman–Crippen LogP) is 3.97. The standard InChI is InChI=1S/C14H15BrClNO/c15-11-4-5-13(16)12(6-11)14(18)17-7-9-2-1-3-10(9)8-17/h4-6,9-10H,1-3,7-8H2. The van der Waals surface area contributed by atoms with Gasteiger partial charge in [0.05, 0.1) is 10.6 Å². The lowest BCUT2D eigenvalue weighted by atomic mass is 10.0. The van der Waals surface area contributed by atoms with Gasteiger partial charge in [0.1, 0.15) is 0 Å². The van der Waals surface area contributed by atoms with E-state index in [1.165, 1.54) is 19.3 Å². The van der Waals surface area contributed by atoms with E-state index >= 15 is 0 Å². The van der Waals surface area contributed by atoms with E-state index in [9.17, 15) is 4.79 Å². The van der Waals surface area contributed by atoms with Crippen LogP contribution >= 0.6 is 27.5 Å². The van der Waals surface area contributed by atoms with E-state index in [0.29, 0.717) is 10.6 Å². The summed E-state index contributed by atoms with van der Waals surface area (Å²) >= 11 is 9.51. The topological polar surface area (TPSA) is 20.3 Å². The zero-order valence-corrected chi connectivity index (χ0v) is 12.4. The Morgan fingerprint density at radius 1 is 1.28 bits per heavy atom. The highest BCUT2D eigenvalue weighted by Crippen LogP contribution is 2.38. The molecule has 0 radical (unpaired) electrons. The molecule has 1 aliphatic carbocycles. The van der Waals surface area contributed by atoms with Crippen LogP contribution in [0.25, 0.3) is 0 Å². The normalized spacial score (nSPS) is 26.4. The Labute approximate surface area is 120 Å². The van der Waals surface area contributed by atoms with E-state index < -0.39 is 0 Å². The molecule has 1 aromatic carbocycles. The van der Waals surface area contributed by atoms with Crippen LogP contribution in [-0.4, -0.2) is 23.9 Å². The molecule has 3 rings (SSSR count). The lowest BCUT2D eigenvalue weighted by Gasteiger charge is -2.18. The number of fused-ring (bicyclic) bond motifs is 1. The van der Waals surface area contributed by atoms with E-state index in [4.69, 9.17) is 11.6 Å². The Morgan fingerprint density at radius 2 is 1.94 bits per heavy atom. The van der Waals surface area contributed by atoms with Crippen molar-refractivity contribution in [3.8, 4) is 0 Å². The second-order valence-electron chi connectivity index (χ2n) is 5.29. The van der Waals surface area contributed by atoms with E-state index in [-0.39, 0.29) is 5.91 Å². The maximum Gasteiger partial charge on any atom is 0.255 e. The third-order valence-electron chi connectivity index (χ3n) is 4.17. The van der Waals surface area contributed by atoms with Crippen LogP contribution in [0, 0.1) is 11.8 Å². The molecule has 2 aliphatic rings. The largest absolute Gasteiger partial charge is 0.338 e. The molecule has 0 N–H and O–H groups in total. The van der Waals surface area contributed by atoms with Crippen LogP contribution in [0.15, 0.2) is 22.7 Å². The van der Waals surface area contributed by atoms with Crippen molar-refractivity contribution >= 4 is 33.4 Å². The minimum atomic E-state index is 0.0794. The first-order chi connectivity index (χ1) is 8.65. The van der Waals surface area contributed by atoms with Gasteiger partial charge in [0.2, 0.25) is 0 Å². The number of halogens is 2. The Morgan fingerprint density at radius 3 is 2.61 bits per heavy atom. The summed E-state index contributed by atoms with van der Waals surface area (Å²) < 4.78 is 0.898. The number of hydrogen-bond donors (Lipinski definition) is 0. The van der Waals surface area contributed by atoms with E-state index in [2.05, 4.69) is 15.9 Å². The monoisotopic (exact) mass is 327 g/mol. The molecule has 4 heteroatoms. The van der Waals surface area contributed by atoms with Crippen molar-refractivity contribution in [2.75, 3.05) is 13.1 Å². The summed E-state index contributed by atoms with van der Waals surface area (Å²) in [7, 11) is 0. The molecule has 18 heavy (non-hydrogen) atoms. The molecular weight excluding hydrogens is 314 g/mol. The fourth-order valence-electron chi connectivity index (χ4n) is 3.23. The number of nitrogens with zero attached hydrogens (tertiary/aromatic N) is 1. The number of rotatable bonds is 1. The first-order valence-corrected chi connectivity index (χ1v) is 7.56. The maximum atomic E-state index is 12.5. The second-order valence-corrected chi connectivity index (χ2v) is 6.61. The lowest BCUT2D eigenvalue weighted by molar-refractivity contribution is 0.0781. The number of carbonyl (C=O) groups is 1. The van der Waals surface area contributed by atoms with E-state index in [1.807, 2.05) is 17.0 Å². The molecule has 1 aliphatic heterocycles. The molecule has 2 unspecified atom stereocenters. The maximum absolute atomic E-state index is 12.5. The Balaban J connectivity index is 1.81. The summed E-state index contributed by atoms with van der Waals surface area (Å²) in [5, 5.41) is 0.542. The smallest absolute Gasteiger partial charge is 0.255 e. The number of benzene rings is 1. The van der Waals surface area contributed by atoms with Crippen molar-refractivity contribution in [2.45, 2.75) is 19.3 Å². The molecule has 0 bridgehead atoms. The fourth-order valence-corrected chi connectivity index (χ4v) is 3.79. The van der Waals surface area contributed by atoms with Crippen LogP contribution in [0.3, 0.4) is 0 Å². The molecule has 1 saturated carbocycles. The molecule has 1 heterocycles. The predicted molar refractivity (Wildman–Crippen MR) is 75.9 cm³/mol. The van der Waals surface area contributed by atoms with E-state index in [0.717, 1.165) is 29.4 Å². The quantitative estimate of drug-likeness (QED) is 0.764. The third kappa shape index (κ3) is 2.19. The van der Waals surface area contributed by atoms with Gasteiger partial charge in [-0.3, -0.25) is 4.79 Å². The zero-order valence-electron chi connectivity index (χ0n) is 10.0. The highest BCUT2D eigenvalue weighted by molar-refractivity contribution is 9.10. The van der Waals surface area contributed by atoms with Crippen LogP contribution in [-0.2, 0) is 0 Å². The Kier molecular flexibility index (Phi) is 3.37. The second kappa shape index (κ2) is 4.86. The summed E-state index contributed by atoms with van der Waals surface area (Å²) in [5.41, 5.74) is 0.617. The number of carbonyl (C=O) groups excluding carboxylic acids is 1. The highest BCUT2D eigenvalue weighted by atomic mass is 79.9. The van der Waals surface area contributed by atoms with Gasteiger partial charge >= 0.3 is 0 Å². The first-order valence-electron chi connectivity index (χ1n) is 6.39. The fraction of sp³-hybridized carbons (Fsp3) is 0.500. The van der Waals surface area contributed by atoms with Crippen LogP contribution in [0.4, 0.5) is 0 Å². The van der Waals surface area contributed by atoms with E-state index in [1.54, 1.807) is 6.07 Å². The number of hydrogen-bond acceptors (Lipinski definition) is 1. The third-order valence-corrected chi connectivity index (χ3v) is 5.00. The van der Waals surface area contributed by atoms with Crippen molar-refractivity contribution in [2.24, 2.45) is 11.8 Å². The van der Waals surface area contributed by atoms with Crippen LogP contribution < -0.4 is 0 Å². The Bertz CT molecular complexity index is 479. The molecule has 2 atom stereocenters. The zero-order chi connectivity index (χ0) is 12.7. The van der Waals surface area contributed by atoms with Crippen molar-refractivity contribution < 1.29 is 4.79 Å². The molecule has 1 amide bonds. The summed E-state index contributed by atoms with van der Waals surface area (Å²) in [6, 6.07) is 5.45. The van der Waals surface area contributed by atoms with Gasteiger partial charge < -0.3 is 4.90 Å². The number of likely N-dealkylation sites (tertiary alicyclic amines) is 1. The molecule has 2 nitrogen and oxygen atoms in total. The van der Waals surface area contributed by atoms with Gasteiger partial charge in [0.15, 0.2) is 0 Å². The van der Waals surface area contributed by atoms with Crippen molar-refractivity contribution in [3.05, 3.63) is 33.3 Å². The van der Waals surface area contributed by atoms with Gasteiger partial charge in [-0.15, -0.1) is 0 Å².